The van der Waals surface area contributed by atoms with E-state index in [2.05, 4.69) is 20.7 Å². The maximum absolute atomic E-state index is 13.0. The van der Waals surface area contributed by atoms with Gasteiger partial charge in [-0.15, -0.1) is 0 Å². The Balaban J connectivity index is 2.95. The van der Waals surface area contributed by atoms with Crippen molar-refractivity contribution in [2.24, 2.45) is 0 Å². The zero-order valence-electron chi connectivity index (χ0n) is 8.63. The van der Waals surface area contributed by atoms with Crippen molar-refractivity contribution >= 4 is 15.9 Å². The predicted octanol–water partition coefficient (Wildman–Crippen LogP) is 3.48. The van der Waals surface area contributed by atoms with E-state index in [-0.39, 0.29) is 11.3 Å². The largest absolute Gasteiger partial charge is 0.435 e. The van der Waals surface area contributed by atoms with E-state index in [0.717, 1.165) is 31.2 Å². The Morgan fingerprint density at radius 2 is 1.71 bits per heavy atom. The molecular weight excluding hydrogens is 308 g/mol. The third kappa shape index (κ3) is 3.32. The molecule has 1 rings (SSSR count). The zero-order chi connectivity index (χ0) is 13.3. The lowest BCUT2D eigenvalue weighted by Gasteiger charge is -2.28. The zero-order valence-corrected chi connectivity index (χ0v) is 10.2. The maximum Gasteiger partial charge on any atom is 0.387 e. The van der Waals surface area contributed by atoms with Crippen LogP contribution in [0.5, 0.6) is 5.75 Å². The Morgan fingerprint density at radius 3 is 2.06 bits per heavy atom. The Hall–Kier alpha value is -0.820. The van der Waals surface area contributed by atoms with Gasteiger partial charge in [-0.25, -0.2) is 0 Å². The van der Waals surface area contributed by atoms with Crippen molar-refractivity contribution in [3.05, 3.63) is 29.8 Å². The van der Waals surface area contributed by atoms with Crippen LogP contribution in [-0.2, 0) is 5.60 Å². The summed E-state index contributed by atoms with van der Waals surface area (Å²) in [5.74, 6) is -0.169. The lowest BCUT2D eigenvalue weighted by molar-refractivity contribution is -0.109. The lowest BCUT2D eigenvalue weighted by atomic mass is 9.96. The van der Waals surface area contributed by atoms with Crippen molar-refractivity contribution in [3.8, 4) is 5.75 Å². The molecule has 1 aromatic rings. The van der Waals surface area contributed by atoms with Gasteiger partial charge in [-0.1, -0.05) is 12.1 Å². The molecular formula is C10H9BrF4O2. The first kappa shape index (κ1) is 14.2. The first-order valence-electron chi connectivity index (χ1n) is 4.49. The molecule has 96 valence electrons. The minimum atomic E-state index is -3.54. The predicted molar refractivity (Wildman–Crippen MR) is 56.5 cm³/mol. The van der Waals surface area contributed by atoms with Crippen molar-refractivity contribution in [2.45, 2.75) is 24.0 Å². The second-order valence-corrected chi connectivity index (χ2v) is 4.47. The van der Waals surface area contributed by atoms with Crippen molar-refractivity contribution < 1.29 is 27.4 Å². The van der Waals surface area contributed by atoms with Gasteiger partial charge in [0.1, 0.15) is 5.75 Å². The molecule has 0 heterocycles. The van der Waals surface area contributed by atoms with E-state index in [9.17, 15) is 22.7 Å². The SMILES string of the molecule is CC(O)(c1ccc(OC(F)F)cc1)C(F)(F)Br. The second kappa shape index (κ2) is 4.81. The first-order valence-corrected chi connectivity index (χ1v) is 5.28. The van der Waals surface area contributed by atoms with E-state index >= 15 is 0 Å². The molecule has 0 saturated carbocycles. The molecule has 1 atom stereocenters. The van der Waals surface area contributed by atoms with Crippen molar-refractivity contribution in [1.29, 1.82) is 0 Å². The third-order valence-electron chi connectivity index (χ3n) is 2.19. The summed E-state index contributed by atoms with van der Waals surface area (Å²) in [4.78, 5) is -3.54. The van der Waals surface area contributed by atoms with Gasteiger partial charge in [-0.3, -0.25) is 0 Å². The second-order valence-electron chi connectivity index (χ2n) is 3.47. The lowest BCUT2D eigenvalue weighted by Crippen LogP contribution is -2.37. The van der Waals surface area contributed by atoms with Crippen LogP contribution in [0.1, 0.15) is 12.5 Å². The van der Waals surface area contributed by atoms with Crippen LogP contribution in [-0.4, -0.2) is 16.5 Å². The Labute approximate surface area is 103 Å². The first-order chi connectivity index (χ1) is 7.64. The van der Waals surface area contributed by atoms with Crippen LogP contribution in [0.4, 0.5) is 17.6 Å². The van der Waals surface area contributed by atoms with Crippen LogP contribution < -0.4 is 4.74 Å². The van der Waals surface area contributed by atoms with Gasteiger partial charge in [0.2, 0.25) is 0 Å². The van der Waals surface area contributed by atoms with Crippen LogP contribution in [0.25, 0.3) is 0 Å². The third-order valence-corrected chi connectivity index (χ3v) is 2.97. The van der Waals surface area contributed by atoms with Crippen LogP contribution in [0.15, 0.2) is 24.3 Å². The number of benzene rings is 1. The fourth-order valence-electron chi connectivity index (χ4n) is 1.12. The number of hydrogen-bond donors (Lipinski definition) is 1. The van der Waals surface area contributed by atoms with E-state index in [1.807, 2.05) is 0 Å². The summed E-state index contributed by atoms with van der Waals surface area (Å²) in [6.07, 6.45) is 0. The van der Waals surface area contributed by atoms with Gasteiger partial charge in [-0.2, -0.15) is 17.6 Å². The summed E-state index contributed by atoms with van der Waals surface area (Å²) >= 11 is 2.06. The van der Waals surface area contributed by atoms with Gasteiger partial charge in [0.25, 0.3) is 0 Å². The molecule has 1 unspecified atom stereocenters. The van der Waals surface area contributed by atoms with Gasteiger partial charge in [0, 0.05) is 0 Å². The van der Waals surface area contributed by atoms with Gasteiger partial charge < -0.3 is 9.84 Å². The molecule has 0 radical (unpaired) electrons. The number of halogens is 5. The normalized spacial score (nSPS) is 15.8. The maximum atomic E-state index is 13.0. The topological polar surface area (TPSA) is 29.5 Å². The molecule has 0 spiro atoms. The van der Waals surface area contributed by atoms with E-state index in [0.29, 0.717) is 0 Å². The van der Waals surface area contributed by atoms with Gasteiger partial charge >= 0.3 is 11.4 Å². The van der Waals surface area contributed by atoms with Gasteiger partial charge in [0.15, 0.2) is 5.60 Å². The molecule has 0 amide bonds. The fourth-order valence-corrected chi connectivity index (χ4v) is 1.35. The Kier molecular flexibility index (Phi) is 4.03. The smallest absolute Gasteiger partial charge is 0.387 e. The minimum absolute atomic E-state index is 0.124. The molecule has 0 aliphatic heterocycles. The summed E-state index contributed by atoms with van der Waals surface area (Å²) < 4.78 is 53.8. The molecule has 0 aliphatic carbocycles. The molecule has 0 aromatic heterocycles. The molecule has 17 heavy (non-hydrogen) atoms. The average molecular weight is 317 g/mol. The highest BCUT2D eigenvalue weighted by Crippen LogP contribution is 2.42. The Morgan fingerprint density at radius 1 is 1.24 bits per heavy atom. The molecule has 1 aromatic carbocycles. The van der Waals surface area contributed by atoms with E-state index in [1.54, 1.807) is 0 Å². The number of alkyl halides is 5. The summed E-state index contributed by atoms with van der Waals surface area (Å²) in [5, 5.41) is 9.61. The van der Waals surface area contributed by atoms with E-state index in [4.69, 9.17) is 0 Å². The van der Waals surface area contributed by atoms with Crippen LogP contribution in [0, 0.1) is 0 Å². The highest BCUT2D eigenvalue weighted by molar-refractivity contribution is 9.10. The Bertz CT molecular complexity index is 373. The van der Waals surface area contributed by atoms with Gasteiger partial charge in [0.05, 0.1) is 0 Å². The molecule has 0 saturated heterocycles. The standard InChI is InChI=1S/C10H9BrF4O2/c1-9(16,10(11,14)15)6-2-4-7(5-3-6)17-8(12)13/h2-5,8,16H,1H3. The van der Waals surface area contributed by atoms with Crippen molar-refractivity contribution in [3.63, 3.8) is 0 Å². The number of rotatable bonds is 4. The molecule has 0 aliphatic rings. The number of hydrogen-bond acceptors (Lipinski definition) is 2. The molecule has 2 nitrogen and oxygen atoms in total. The highest BCUT2D eigenvalue weighted by atomic mass is 79.9. The van der Waals surface area contributed by atoms with Crippen molar-refractivity contribution in [1.82, 2.24) is 0 Å². The van der Waals surface area contributed by atoms with Crippen LogP contribution in [0.2, 0.25) is 0 Å². The van der Waals surface area contributed by atoms with Crippen LogP contribution in [0.3, 0.4) is 0 Å². The molecule has 1 N–H and O–H groups in total. The summed E-state index contributed by atoms with van der Waals surface area (Å²) in [6, 6.07) is 4.34. The minimum Gasteiger partial charge on any atom is -0.435 e. The van der Waals surface area contributed by atoms with E-state index < -0.39 is 17.0 Å². The average Bonchev–Trinajstić information content (AvgIpc) is 2.15. The molecule has 0 bridgehead atoms. The van der Waals surface area contributed by atoms with Crippen LogP contribution >= 0.6 is 15.9 Å². The summed E-state index contributed by atoms with van der Waals surface area (Å²) in [5.41, 5.74) is -2.57. The fraction of sp³-hybridized carbons (Fsp3) is 0.400. The van der Waals surface area contributed by atoms with Crippen molar-refractivity contribution in [2.75, 3.05) is 0 Å². The summed E-state index contributed by atoms with van der Waals surface area (Å²) in [6.45, 7) is -2.08. The number of ether oxygens (including phenoxy) is 1. The molecule has 7 heteroatoms. The highest BCUT2D eigenvalue weighted by Gasteiger charge is 2.48. The summed E-state index contributed by atoms with van der Waals surface area (Å²) in [7, 11) is 0. The van der Waals surface area contributed by atoms with E-state index in [1.165, 1.54) is 0 Å². The number of aliphatic hydroxyl groups is 1. The van der Waals surface area contributed by atoms with Gasteiger partial charge in [-0.05, 0) is 40.5 Å². The molecule has 0 fully saturated rings. The monoisotopic (exact) mass is 316 g/mol. The quantitative estimate of drug-likeness (QED) is 0.680.